The first-order valence-electron chi connectivity index (χ1n) is 12.1. The van der Waals surface area contributed by atoms with Gasteiger partial charge >= 0.3 is 0 Å². The Labute approximate surface area is 206 Å². The monoisotopic (exact) mass is 498 g/mol. The first-order chi connectivity index (χ1) is 16.8. The highest BCUT2D eigenvalue weighted by Gasteiger charge is 2.32. The van der Waals surface area contributed by atoms with Gasteiger partial charge in [0.25, 0.3) is 0 Å². The zero-order chi connectivity index (χ0) is 25.0. The van der Waals surface area contributed by atoms with Gasteiger partial charge in [-0.05, 0) is 68.1 Å². The zero-order valence-corrected chi connectivity index (χ0v) is 20.7. The van der Waals surface area contributed by atoms with Crippen molar-refractivity contribution in [3.63, 3.8) is 0 Å². The summed E-state index contributed by atoms with van der Waals surface area (Å²) in [4.78, 5) is 14.9. The smallest absolute Gasteiger partial charge is 0.243 e. The summed E-state index contributed by atoms with van der Waals surface area (Å²) in [6.07, 6.45) is 6.45. The fraction of sp³-hybridized carbons (Fsp3) is 0.462. The molecule has 0 unspecified atom stereocenters. The van der Waals surface area contributed by atoms with Crippen molar-refractivity contribution >= 4 is 27.3 Å². The standard InChI is InChI=1S/C26H31FN4O3S/c1-30(22-5-3-2-4-6-22)25-12-9-21(17-24(25)27)29-26(32)20-13-15-31(16-14-20)35(33,34)23-10-7-19(18-28)8-11-23/h7-12,17,20,22H,2-6,13-16H2,1H3,(H,29,32). The number of nitriles is 1. The van der Waals surface area contributed by atoms with Gasteiger partial charge in [-0.3, -0.25) is 4.79 Å². The van der Waals surface area contributed by atoms with Crippen LogP contribution in [0.5, 0.6) is 0 Å². The molecule has 0 aromatic heterocycles. The van der Waals surface area contributed by atoms with Gasteiger partial charge in [-0.1, -0.05) is 19.3 Å². The fourth-order valence-electron chi connectivity index (χ4n) is 4.99. The second-order valence-electron chi connectivity index (χ2n) is 9.37. The van der Waals surface area contributed by atoms with Crippen molar-refractivity contribution in [2.24, 2.45) is 5.92 Å². The van der Waals surface area contributed by atoms with Gasteiger partial charge in [0, 0.05) is 37.8 Å². The molecule has 1 aliphatic carbocycles. The van der Waals surface area contributed by atoms with E-state index in [-0.39, 0.29) is 35.6 Å². The molecule has 1 heterocycles. The van der Waals surface area contributed by atoms with Gasteiger partial charge in [0.05, 0.1) is 22.2 Å². The molecule has 1 N–H and O–H groups in total. The summed E-state index contributed by atoms with van der Waals surface area (Å²) in [5.74, 6) is -0.942. The third-order valence-corrected chi connectivity index (χ3v) is 9.08. The number of nitrogens with zero attached hydrogens (tertiary/aromatic N) is 3. The number of carbonyl (C=O) groups excluding carboxylic acids is 1. The Hall–Kier alpha value is -2.96. The molecule has 0 atom stereocenters. The second kappa shape index (κ2) is 10.8. The van der Waals surface area contributed by atoms with Crippen LogP contribution in [0.1, 0.15) is 50.5 Å². The average molecular weight is 499 g/mol. The lowest BCUT2D eigenvalue weighted by molar-refractivity contribution is -0.120. The lowest BCUT2D eigenvalue weighted by atomic mass is 9.94. The summed E-state index contributed by atoms with van der Waals surface area (Å²) in [5, 5.41) is 11.7. The van der Waals surface area contributed by atoms with E-state index in [1.807, 2.05) is 18.0 Å². The molecule has 1 amide bonds. The molecule has 2 aromatic carbocycles. The molecule has 0 bridgehead atoms. The number of nitrogens with one attached hydrogen (secondary N) is 1. The molecule has 35 heavy (non-hydrogen) atoms. The van der Waals surface area contributed by atoms with Gasteiger partial charge in [-0.15, -0.1) is 0 Å². The SMILES string of the molecule is CN(c1ccc(NC(=O)C2CCN(S(=O)(=O)c3ccc(C#N)cc3)CC2)cc1F)C1CCCCC1. The van der Waals surface area contributed by atoms with Crippen LogP contribution in [0.15, 0.2) is 47.4 Å². The molecule has 186 valence electrons. The number of halogens is 1. The summed E-state index contributed by atoms with van der Waals surface area (Å²) in [5.41, 5.74) is 1.33. The number of amides is 1. The van der Waals surface area contributed by atoms with Crippen LogP contribution in [0.3, 0.4) is 0 Å². The third-order valence-electron chi connectivity index (χ3n) is 7.16. The Morgan fingerprint density at radius 3 is 2.31 bits per heavy atom. The minimum Gasteiger partial charge on any atom is -0.369 e. The summed E-state index contributed by atoms with van der Waals surface area (Å²) < 4.78 is 42.0. The first kappa shape index (κ1) is 25.1. The van der Waals surface area contributed by atoms with Crippen LogP contribution in [0, 0.1) is 23.1 Å². The summed E-state index contributed by atoms with van der Waals surface area (Å²) in [6.45, 7) is 0.444. The lowest BCUT2D eigenvalue weighted by Gasteiger charge is -2.33. The van der Waals surface area contributed by atoms with Crippen molar-refractivity contribution in [1.29, 1.82) is 5.26 Å². The van der Waals surface area contributed by atoms with E-state index < -0.39 is 10.0 Å². The predicted octanol–water partition coefficient (Wildman–Crippen LogP) is 4.51. The Morgan fingerprint density at radius 2 is 1.71 bits per heavy atom. The number of hydrogen-bond donors (Lipinski definition) is 1. The van der Waals surface area contributed by atoms with Gasteiger partial charge < -0.3 is 10.2 Å². The van der Waals surface area contributed by atoms with Crippen LogP contribution in [0.4, 0.5) is 15.8 Å². The topological polar surface area (TPSA) is 93.5 Å². The molecule has 2 aliphatic rings. The van der Waals surface area contributed by atoms with Crippen LogP contribution in [-0.4, -0.2) is 44.8 Å². The highest BCUT2D eigenvalue weighted by molar-refractivity contribution is 7.89. The Balaban J connectivity index is 1.34. The van der Waals surface area contributed by atoms with Crippen LogP contribution < -0.4 is 10.2 Å². The molecule has 0 spiro atoms. The van der Waals surface area contributed by atoms with E-state index in [0.29, 0.717) is 35.8 Å². The van der Waals surface area contributed by atoms with E-state index in [9.17, 15) is 17.6 Å². The normalized spacial score (nSPS) is 18.1. The zero-order valence-electron chi connectivity index (χ0n) is 19.9. The predicted molar refractivity (Wildman–Crippen MR) is 133 cm³/mol. The van der Waals surface area contributed by atoms with Gasteiger partial charge in [-0.25, -0.2) is 12.8 Å². The summed E-state index contributed by atoms with van der Waals surface area (Å²) in [6, 6.07) is 12.9. The summed E-state index contributed by atoms with van der Waals surface area (Å²) >= 11 is 0. The number of anilines is 2. The highest BCUT2D eigenvalue weighted by Crippen LogP contribution is 2.30. The average Bonchev–Trinajstić information content (AvgIpc) is 2.89. The molecule has 2 aromatic rings. The minimum atomic E-state index is -3.69. The van der Waals surface area contributed by atoms with E-state index in [1.54, 1.807) is 12.1 Å². The van der Waals surface area contributed by atoms with E-state index in [4.69, 9.17) is 5.26 Å². The summed E-state index contributed by atoms with van der Waals surface area (Å²) in [7, 11) is -1.76. The molecule has 0 radical (unpaired) electrons. The number of hydrogen-bond acceptors (Lipinski definition) is 5. The van der Waals surface area contributed by atoms with Gasteiger partial charge in [0.15, 0.2) is 0 Å². The van der Waals surface area contributed by atoms with E-state index in [1.165, 1.54) is 53.9 Å². The van der Waals surface area contributed by atoms with E-state index in [0.717, 1.165) is 12.8 Å². The number of carbonyl (C=O) groups is 1. The maximum atomic E-state index is 14.9. The van der Waals surface area contributed by atoms with Gasteiger partial charge in [0.2, 0.25) is 15.9 Å². The molecule has 1 aliphatic heterocycles. The fourth-order valence-corrected chi connectivity index (χ4v) is 6.46. The molecule has 7 nitrogen and oxygen atoms in total. The quantitative estimate of drug-likeness (QED) is 0.633. The maximum absolute atomic E-state index is 14.9. The van der Waals surface area contributed by atoms with Crippen molar-refractivity contribution in [2.45, 2.75) is 55.9 Å². The van der Waals surface area contributed by atoms with Crippen molar-refractivity contribution in [3.8, 4) is 6.07 Å². The van der Waals surface area contributed by atoms with Crippen LogP contribution in [0.25, 0.3) is 0 Å². The van der Waals surface area contributed by atoms with Crippen LogP contribution >= 0.6 is 0 Å². The van der Waals surface area contributed by atoms with E-state index >= 15 is 0 Å². The molecule has 1 saturated carbocycles. The molecule has 1 saturated heterocycles. The number of benzene rings is 2. The Morgan fingerprint density at radius 1 is 1.06 bits per heavy atom. The lowest BCUT2D eigenvalue weighted by Crippen LogP contribution is -2.41. The molecular formula is C26H31FN4O3S. The molecule has 2 fully saturated rings. The Bertz CT molecular complexity index is 1200. The molecular weight excluding hydrogens is 467 g/mol. The third kappa shape index (κ3) is 5.65. The largest absolute Gasteiger partial charge is 0.369 e. The molecule has 9 heteroatoms. The second-order valence-corrected chi connectivity index (χ2v) is 11.3. The van der Waals surface area contributed by atoms with Crippen molar-refractivity contribution < 1.29 is 17.6 Å². The van der Waals surface area contributed by atoms with Gasteiger partial charge in [0.1, 0.15) is 5.82 Å². The van der Waals surface area contributed by atoms with Crippen LogP contribution in [0.2, 0.25) is 0 Å². The number of piperidine rings is 1. The highest BCUT2D eigenvalue weighted by atomic mass is 32.2. The van der Waals surface area contributed by atoms with Gasteiger partial charge in [-0.2, -0.15) is 9.57 Å². The van der Waals surface area contributed by atoms with Crippen molar-refractivity contribution in [3.05, 3.63) is 53.8 Å². The minimum absolute atomic E-state index is 0.133. The van der Waals surface area contributed by atoms with Crippen LogP contribution in [-0.2, 0) is 14.8 Å². The molecule has 4 rings (SSSR count). The maximum Gasteiger partial charge on any atom is 0.243 e. The first-order valence-corrected chi connectivity index (χ1v) is 13.6. The van der Waals surface area contributed by atoms with E-state index in [2.05, 4.69) is 5.32 Å². The van der Waals surface area contributed by atoms with Crippen molar-refractivity contribution in [2.75, 3.05) is 30.4 Å². The Kier molecular flexibility index (Phi) is 7.72. The van der Waals surface area contributed by atoms with Crippen molar-refractivity contribution in [1.82, 2.24) is 4.31 Å². The number of rotatable bonds is 6. The number of sulfonamides is 1.